The lowest BCUT2D eigenvalue weighted by atomic mass is 9.85. The lowest BCUT2D eigenvalue weighted by Crippen LogP contribution is -2.34. The smallest absolute Gasteiger partial charge is 0.450 e. The van der Waals surface area contributed by atoms with E-state index in [1.54, 1.807) is 30.3 Å². The maximum Gasteiger partial charge on any atom is 0.503 e. The molecule has 0 spiro atoms. The molecule has 5 nitrogen and oxygen atoms in total. The van der Waals surface area contributed by atoms with E-state index in [0.29, 0.717) is 5.92 Å². The maximum absolute atomic E-state index is 14.2. The summed E-state index contributed by atoms with van der Waals surface area (Å²) in [6, 6.07) is 11.0. The van der Waals surface area contributed by atoms with Gasteiger partial charge in [-0.25, -0.2) is 9.18 Å². The lowest BCUT2D eigenvalue weighted by molar-refractivity contribution is -0.178. The van der Waals surface area contributed by atoms with Crippen molar-refractivity contribution in [3.05, 3.63) is 65.0 Å². The van der Waals surface area contributed by atoms with Crippen LogP contribution < -0.4 is 5.32 Å². The van der Waals surface area contributed by atoms with Crippen molar-refractivity contribution in [3.8, 4) is 0 Å². The molecule has 0 aliphatic heterocycles. The second kappa shape index (κ2) is 11.2. The largest absolute Gasteiger partial charge is 0.503 e. The first-order valence-electron chi connectivity index (χ1n) is 10.6. The van der Waals surface area contributed by atoms with Crippen LogP contribution in [0.25, 0.3) is 0 Å². The molecule has 1 amide bonds. The van der Waals surface area contributed by atoms with Crippen LogP contribution in [0.15, 0.2) is 42.5 Å². The van der Waals surface area contributed by atoms with Gasteiger partial charge in [0.1, 0.15) is 5.82 Å². The van der Waals surface area contributed by atoms with Crippen LogP contribution >= 0.6 is 0 Å². The maximum atomic E-state index is 14.2. The molecule has 9 heteroatoms. The van der Waals surface area contributed by atoms with Gasteiger partial charge in [-0.1, -0.05) is 44.2 Å². The minimum Gasteiger partial charge on any atom is -0.450 e. The number of hydrogen-bond acceptors (Lipinski definition) is 2. The number of rotatable bonds is 7. The van der Waals surface area contributed by atoms with Gasteiger partial charge in [0.2, 0.25) is 5.91 Å². The third kappa shape index (κ3) is 8.07. The third-order valence-corrected chi connectivity index (χ3v) is 5.56. The second-order valence-electron chi connectivity index (χ2n) is 8.14. The summed E-state index contributed by atoms with van der Waals surface area (Å²) >= 11 is 0. The Bertz CT molecular complexity index is 952. The van der Waals surface area contributed by atoms with Crippen molar-refractivity contribution in [2.75, 3.05) is 5.32 Å². The molecule has 1 saturated carbocycles. The van der Waals surface area contributed by atoms with Crippen molar-refractivity contribution < 1.29 is 37.4 Å². The van der Waals surface area contributed by atoms with Crippen molar-refractivity contribution >= 4 is 17.7 Å². The highest BCUT2D eigenvalue weighted by molar-refractivity contribution is 5.96. The van der Waals surface area contributed by atoms with E-state index in [1.807, 2.05) is 6.92 Å². The Balaban J connectivity index is 0.000000890. The number of benzene rings is 2. The number of hydrogen-bond donors (Lipinski definition) is 3. The summed E-state index contributed by atoms with van der Waals surface area (Å²) in [6.45, 7) is 2.92. The summed E-state index contributed by atoms with van der Waals surface area (Å²) in [7, 11) is 0. The molecule has 0 radical (unpaired) electrons. The van der Waals surface area contributed by atoms with Gasteiger partial charge in [-0.05, 0) is 60.4 Å². The van der Waals surface area contributed by atoms with Gasteiger partial charge in [-0.2, -0.15) is 13.2 Å². The predicted molar refractivity (Wildman–Crippen MR) is 116 cm³/mol. The molecule has 33 heavy (non-hydrogen) atoms. The summed E-state index contributed by atoms with van der Waals surface area (Å²) in [5.41, 5.74) is 2.03. The molecule has 2 aromatic rings. The quantitative estimate of drug-likeness (QED) is 0.405. The van der Waals surface area contributed by atoms with Gasteiger partial charge < -0.3 is 15.5 Å². The highest BCUT2D eigenvalue weighted by Crippen LogP contribution is 2.39. The molecule has 1 fully saturated rings. The minimum absolute atomic E-state index is 0.0716. The molecule has 2 atom stereocenters. The van der Waals surface area contributed by atoms with Crippen molar-refractivity contribution in [2.45, 2.75) is 51.6 Å². The fourth-order valence-corrected chi connectivity index (χ4v) is 3.48. The van der Waals surface area contributed by atoms with Gasteiger partial charge in [0.25, 0.3) is 0 Å². The van der Waals surface area contributed by atoms with E-state index >= 15 is 0 Å². The average molecular weight is 469 g/mol. The van der Waals surface area contributed by atoms with E-state index in [2.05, 4.69) is 5.32 Å². The molecule has 0 heterocycles. The molecule has 0 unspecified atom stereocenters. The highest BCUT2D eigenvalue weighted by atomic mass is 19.4. The highest BCUT2D eigenvalue weighted by Gasteiger charge is 2.45. The van der Waals surface area contributed by atoms with Crippen LogP contribution in [-0.2, 0) is 17.6 Å². The first kappa shape index (κ1) is 26.2. The molecule has 0 saturated heterocycles. The number of amides is 1. The van der Waals surface area contributed by atoms with E-state index in [4.69, 9.17) is 15.0 Å². The molecule has 0 bridgehead atoms. The van der Waals surface area contributed by atoms with Crippen molar-refractivity contribution in [2.24, 2.45) is 11.8 Å². The molecule has 180 valence electrons. The topological polar surface area (TPSA) is 86.6 Å². The first-order valence-corrected chi connectivity index (χ1v) is 10.6. The van der Waals surface area contributed by atoms with Crippen LogP contribution in [0.3, 0.4) is 0 Å². The number of anilines is 1. The van der Waals surface area contributed by atoms with Gasteiger partial charge in [0.05, 0.1) is 17.5 Å². The Kier molecular flexibility index (Phi) is 8.84. The summed E-state index contributed by atoms with van der Waals surface area (Å²) in [5, 5.41) is 16.4. The Morgan fingerprint density at radius 2 is 1.61 bits per heavy atom. The molecule has 1 aliphatic rings. The van der Waals surface area contributed by atoms with Crippen LogP contribution in [0.5, 0.6) is 0 Å². The molecule has 2 aromatic carbocycles. The Morgan fingerprint density at radius 3 is 2.09 bits per heavy atom. The fourth-order valence-electron chi connectivity index (χ4n) is 3.48. The summed E-state index contributed by atoms with van der Waals surface area (Å²) in [6.07, 6.45) is -2.62. The van der Waals surface area contributed by atoms with E-state index in [1.165, 1.54) is 12.1 Å². The number of halogens is 4. The van der Waals surface area contributed by atoms with Crippen LogP contribution in [-0.4, -0.2) is 28.5 Å². The Morgan fingerprint density at radius 1 is 1.06 bits per heavy atom. The molecule has 3 N–H and O–H groups in total. The van der Waals surface area contributed by atoms with Crippen LogP contribution in [0.2, 0.25) is 0 Å². The summed E-state index contributed by atoms with van der Waals surface area (Å²) in [5.74, 6) is -4.32. The molecular weight excluding hydrogens is 442 g/mol. The van der Waals surface area contributed by atoms with Crippen LogP contribution in [0.1, 0.15) is 49.3 Å². The minimum atomic E-state index is -4.56. The van der Waals surface area contributed by atoms with Crippen LogP contribution in [0, 0.1) is 17.7 Å². The van der Waals surface area contributed by atoms with Gasteiger partial charge in [0.15, 0.2) is 0 Å². The van der Waals surface area contributed by atoms with Gasteiger partial charge in [-0.3, -0.25) is 4.79 Å². The SMILES string of the molecule is CCc1ccc([C@@H](C(=O)Nc2cc(CC3CC3)ccc2F)[C@@H](C)C(F)(F)F)cc1.O=C(O)O. The monoisotopic (exact) mass is 469 g/mol. The number of aryl methyl sites for hydroxylation is 1. The van der Waals surface area contributed by atoms with Crippen molar-refractivity contribution in [1.29, 1.82) is 0 Å². The third-order valence-electron chi connectivity index (χ3n) is 5.56. The number of alkyl halides is 3. The average Bonchev–Trinajstić information content (AvgIpc) is 3.54. The van der Waals surface area contributed by atoms with Crippen molar-refractivity contribution in [1.82, 2.24) is 0 Å². The first-order chi connectivity index (χ1) is 15.4. The standard InChI is InChI=1S/C23H25F4NO.CH2O3/c1-3-15-6-9-18(10-7-15)21(14(2)23(25,26)27)22(29)28-20-13-17(8-11-19(20)24)12-16-4-5-16;2-1(3)4/h6-11,13-14,16,21H,3-5,12H2,1-2H3,(H,28,29);(H2,2,3,4)/t14-,21+;/m1./s1. The fraction of sp³-hybridized carbons (Fsp3) is 0.417. The van der Waals surface area contributed by atoms with E-state index < -0.39 is 35.9 Å². The number of nitrogens with one attached hydrogen (secondary N) is 1. The Hall–Kier alpha value is -3.10. The number of carbonyl (C=O) groups is 2. The molecule has 1 aliphatic carbocycles. The molecule has 3 rings (SSSR count). The zero-order valence-corrected chi connectivity index (χ0v) is 18.3. The van der Waals surface area contributed by atoms with Gasteiger partial charge >= 0.3 is 12.3 Å². The second-order valence-corrected chi connectivity index (χ2v) is 8.14. The summed E-state index contributed by atoms with van der Waals surface area (Å²) < 4.78 is 54.7. The van der Waals surface area contributed by atoms with E-state index in [0.717, 1.165) is 43.7 Å². The van der Waals surface area contributed by atoms with Gasteiger partial charge in [0, 0.05) is 0 Å². The zero-order chi connectivity index (χ0) is 24.8. The van der Waals surface area contributed by atoms with Gasteiger partial charge in [-0.15, -0.1) is 0 Å². The molecule has 0 aromatic heterocycles. The Labute approximate surface area is 189 Å². The van der Waals surface area contributed by atoms with E-state index in [-0.39, 0.29) is 11.3 Å². The normalized spacial score (nSPS) is 15.1. The lowest BCUT2D eigenvalue weighted by Gasteiger charge is -2.26. The predicted octanol–water partition coefficient (Wildman–Crippen LogP) is 6.48. The zero-order valence-electron chi connectivity index (χ0n) is 18.3. The number of carboxylic acid groups (broad SMARTS) is 2. The number of carbonyl (C=O) groups excluding carboxylic acids is 1. The van der Waals surface area contributed by atoms with E-state index in [9.17, 15) is 22.4 Å². The molecular formula is C24H27F4NO4. The summed E-state index contributed by atoms with van der Waals surface area (Å²) in [4.78, 5) is 21.4. The van der Waals surface area contributed by atoms with Crippen LogP contribution in [0.4, 0.5) is 28.0 Å². The van der Waals surface area contributed by atoms with Crippen molar-refractivity contribution in [3.63, 3.8) is 0 Å².